The largest absolute Gasteiger partial charge is 0.477 e. The molecule has 6 heteroatoms. The molecule has 0 aliphatic carbocycles. The maximum atomic E-state index is 11.9. The molecule has 0 spiro atoms. The van der Waals surface area contributed by atoms with Gasteiger partial charge >= 0.3 is 0 Å². The molecular weight excluding hydrogens is 246 g/mol. The summed E-state index contributed by atoms with van der Waals surface area (Å²) in [5, 5.41) is 5.22. The van der Waals surface area contributed by atoms with Crippen LogP contribution < -0.4 is 15.4 Å². The van der Waals surface area contributed by atoms with Crippen molar-refractivity contribution >= 4 is 11.8 Å². The molecule has 0 atom stereocenters. The zero-order valence-electron chi connectivity index (χ0n) is 11.4. The molecule has 0 unspecified atom stereocenters. The molecule has 1 aromatic heterocycles. The molecule has 0 fully saturated rings. The van der Waals surface area contributed by atoms with Gasteiger partial charge in [-0.15, -0.1) is 0 Å². The Bertz CT molecular complexity index is 447. The number of nitrogens with zero attached hydrogens (tertiary/aromatic N) is 1. The molecule has 0 saturated heterocycles. The zero-order chi connectivity index (χ0) is 14.3. The molecule has 0 bridgehead atoms. The van der Waals surface area contributed by atoms with Crippen LogP contribution in [-0.4, -0.2) is 36.0 Å². The minimum atomic E-state index is -0.379. The number of ether oxygens (including phenoxy) is 1. The molecule has 1 rings (SSSR count). The predicted octanol–water partition coefficient (Wildman–Crippen LogP) is 0.735. The highest BCUT2D eigenvalue weighted by Crippen LogP contribution is 2.13. The number of nitrogens with one attached hydrogen (secondary N) is 2. The number of amides is 2. The summed E-state index contributed by atoms with van der Waals surface area (Å²) in [6.45, 7) is 5.87. The number of carbonyl (C=O) groups is 2. The van der Waals surface area contributed by atoms with Crippen molar-refractivity contribution in [1.82, 2.24) is 15.6 Å². The predicted molar refractivity (Wildman–Crippen MR) is 71.0 cm³/mol. The van der Waals surface area contributed by atoms with E-state index in [1.807, 2.05) is 20.8 Å². The second kappa shape index (κ2) is 7.35. The van der Waals surface area contributed by atoms with Gasteiger partial charge in [0.2, 0.25) is 11.8 Å². The van der Waals surface area contributed by atoms with E-state index in [-0.39, 0.29) is 30.3 Å². The molecule has 6 nitrogen and oxygen atoms in total. The number of hydrogen-bond donors (Lipinski definition) is 2. The molecule has 2 amide bonds. The first-order chi connectivity index (χ1) is 9.04. The van der Waals surface area contributed by atoms with Crippen LogP contribution >= 0.6 is 0 Å². The fourth-order valence-electron chi connectivity index (χ4n) is 1.44. The molecular formula is C13H19N3O3. The summed E-state index contributed by atoms with van der Waals surface area (Å²) in [5.74, 6) is -0.340. The van der Waals surface area contributed by atoms with Crippen molar-refractivity contribution in [2.45, 2.75) is 26.8 Å². The third-order valence-electron chi connectivity index (χ3n) is 2.16. The summed E-state index contributed by atoms with van der Waals surface area (Å²) < 4.78 is 5.26. The van der Waals surface area contributed by atoms with Crippen LogP contribution in [0, 0.1) is 0 Å². The highest BCUT2D eigenvalue weighted by Gasteiger charge is 2.14. The number of rotatable bonds is 6. The van der Waals surface area contributed by atoms with Gasteiger partial charge in [-0.25, -0.2) is 4.98 Å². The third kappa shape index (κ3) is 4.95. The Labute approximate surface area is 112 Å². The van der Waals surface area contributed by atoms with Gasteiger partial charge in [0, 0.05) is 12.2 Å². The van der Waals surface area contributed by atoms with Gasteiger partial charge in [-0.1, -0.05) is 0 Å². The summed E-state index contributed by atoms with van der Waals surface area (Å²) in [5.41, 5.74) is 0.321. The first-order valence-electron chi connectivity index (χ1n) is 6.20. The monoisotopic (exact) mass is 265 g/mol. The number of carbonyl (C=O) groups excluding carboxylic acids is 2. The Balaban J connectivity index is 2.61. The maximum absolute atomic E-state index is 11.9. The normalized spacial score (nSPS) is 10.1. The smallest absolute Gasteiger partial charge is 0.257 e. The van der Waals surface area contributed by atoms with E-state index in [2.05, 4.69) is 15.6 Å². The van der Waals surface area contributed by atoms with E-state index >= 15 is 0 Å². The van der Waals surface area contributed by atoms with E-state index in [1.54, 1.807) is 18.3 Å². The van der Waals surface area contributed by atoms with Crippen LogP contribution in [0.2, 0.25) is 0 Å². The van der Waals surface area contributed by atoms with Gasteiger partial charge in [-0.2, -0.15) is 0 Å². The molecule has 0 aliphatic rings. The van der Waals surface area contributed by atoms with Crippen LogP contribution in [-0.2, 0) is 4.79 Å². The topological polar surface area (TPSA) is 80.3 Å². The second-order valence-electron chi connectivity index (χ2n) is 4.19. The Morgan fingerprint density at radius 1 is 1.42 bits per heavy atom. The van der Waals surface area contributed by atoms with Crippen LogP contribution in [0.5, 0.6) is 5.88 Å². The molecule has 0 saturated carbocycles. The summed E-state index contributed by atoms with van der Waals surface area (Å²) in [6, 6.07) is 3.29. The second-order valence-corrected chi connectivity index (χ2v) is 4.19. The van der Waals surface area contributed by atoms with Gasteiger partial charge in [0.1, 0.15) is 5.56 Å². The summed E-state index contributed by atoms with van der Waals surface area (Å²) in [7, 11) is 0. The zero-order valence-corrected chi connectivity index (χ0v) is 11.4. The number of pyridine rings is 1. The molecule has 0 radical (unpaired) electrons. The number of hydrogen-bond acceptors (Lipinski definition) is 4. The molecule has 1 heterocycles. The Morgan fingerprint density at radius 3 is 2.79 bits per heavy atom. The SMILES string of the molecule is CCOc1ncccc1C(=O)NCC(=O)NC(C)C. The van der Waals surface area contributed by atoms with Gasteiger partial charge in [0.25, 0.3) is 5.91 Å². The lowest BCUT2D eigenvalue weighted by Crippen LogP contribution is -2.39. The Kier molecular flexibility index (Phi) is 5.78. The third-order valence-corrected chi connectivity index (χ3v) is 2.16. The highest BCUT2D eigenvalue weighted by atomic mass is 16.5. The van der Waals surface area contributed by atoms with Crippen molar-refractivity contribution in [2.24, 2.45) is 0 Å². The first kappa shape index (κ1) is 14.9. The van der Waals surface area contributed by atoms with E-state index < -0.39 is 0 Å². The van der Waals surface area contributed by atoms with Gasteiger partial charge in [-0.05, 0) is 32.9 Å². The summed E-state index contributed by atoms with van der Waals surface area (Å²) in [4.78, 5) is 27.3. The first-order valence-corrected chi connectivity index (χ1v) is 6.20. The van der Waals surface area contributed by atoms with Crippen molar-refractivity contribution in [3.63, 3.8) is 0 Å². The van der Waals surface area contributed by atoms with Gasteiger partial charge in [0.05, 0.1) is 13.2 Å². The molecule has 1 aromatic rings. The van der Waals surface area contributed by atoms with E-state index in [0.717, 1.165) is 0 Å². The molecule has 2 N–H and O–H groups in total. The van der Waals surface area contributed by atoms with Crippen molar-refractivity contribution in [1.29, 1.82) is 0 Å². The van der Waals surface area contributed by atoms with Crippen LogP contribution in [0.4, 0.5) is 0 Å². The van der Waals surface area contributed by atoms with E-state index in [1.165, 1.54) is 0 Å². The van der Waals surface area contributed by atoms with Crippen LogP contribution in [0.15, 0.2) is 18.3 Å². The van der Waals surface area contributed by atoms with Gasteiger partial charge < -0.3 is 15.4 Å². The molecule has 0 aliphatic heterocycles. The fraction of sp³-hybridized carbons (Fsp3) is 0.462. The average Bonchev–Trinajstić information content (AvgIpc) is 2.36. The lowest BCUT2D eigenvalue weighted by molar-refractivity contribution is -0.120. The fourth-order valence-corrected chi connectivity index (χ4v) is 1.44. The average molecular weight is 265 g/mol. The van der Waals surface area contributed by atoms with Crippen molar-refractivity contribution in [3.05, 3.63) is 23.9 Å². The summed E-state index contributed by atoms with van der Waals surface area (Å²) >= 11 is 0. The molecule has 0 aromatic carbocycles. The van der Waals surface area contributed by atoms with Gasteiger partial charge in [0.15, 0.2) is 0 Å². The lowest BCUT2D eigenvalue weighted by atomic mass is 10.2. The Morgan fingerprint density at radius 2 is 2.16 bits per heavy atom. The highest BCUT2D eigenvalue weighted by molar-refractivity contribution is 5.98. The molecule has 104 valence electrons. The van der Waals surface area contributed by atoms with Crippen LogP contribution in [0.3, 0.4) is 0 Å². The summed E-state index contributed by atoms with van der Waals surface area (Å²) in [6.07, 6.45) is 1.55. The minimum absolute atomic E-state index is 0.0433. The Hall–Kier alpha value is -2.11. The van der Waals surface area contributed by atoms with Crippen molar-refractivity contribution < 1.29 is 14.3 Å². The van der Waals surface area contributed by atoms with Crippen molar-refractivity contribution in [2.75, 3.05) is 13.2 Å². The lowest BCUT2D eigenvalue weighted by Gasteiger charge is -2.11. The van der Waals surface area contributed by atoms with E-state index in [4.69, 9.17) is 4.74 Å². The van der Waals surface area contributed by atoms with Crippen LogP contribution in [0.25, 0.3) is 0 Å². The minimum Gasteiger partial charge on any atom is -0.477 e. The maximum Gasteiger partial charge on any atom is 0.257 e. The standard InChI is InChI=1S/C13H19N3O3/c1-4-19-13-10(6-5-7-14-13)12(18)15-8-11(17)16-9(2)3/h5-7,9H,4,8H2,1-3H3,(H,15,18)(H,16,17). The van der Waals surface area contributed by atoms with Gasteiger partial charge in [-0.3, -0.25) is 9.59 Å². The van der Waals surface area contributed by atoms with Crippen LogP contribution in [0.1, 0.15) is 31.1 Å². The van der Waals surface area contributed by atoms with Crippen molar-refractivity contribution in [3.8, 4) is 5.88 Å². The van der Waals surface area contributed by atoms with E-state index in [0.29, 0.717) is 12.2 Å². The molecule has 19 heavy (non-hydrogen) atoms. The quantitative estimate of drug-likeness (QED) is 0.794. The number of aromatic nitrogens is 1. The van der Waals surface area contributed by atoms with E-state index in [9.17, 15) is 9.59 Å².